The summed E-state index contributed by atoms with van der Waals surface area (Å²) < 4.78 is 36.7. The van der Waals surface area contributed by atoms with Crippen molar-refractivity contribution in [2.75, 3.05) is 13.6 Å². The molecule has 1 nitrogen and oxygen atoms in total. The van der Waals surface area contributed by atoms with E-state index in [0.717, 1.165) is 25.7 Å². The lowest BCUT2D eigenvalue weighted by atomic mass is 10.2. The Bertz CT molecular complexity index is 177. The quantitative estimate of drug-likeness (QED) is 0.714. The fourth-order valence-corrected chi connectivity index (χ4v) is 2.31. The van der Waals surface area contributed by atoms with E-state index in [-0.39, 0.29) is 6.54 Å². The molecular weight excluding hydrogens is 259 g/mol. The number of rotatable bonds is 3. The molecule has 0 amide bonds. The van der Waals surface area contributed by atoms with Crippen molar-refractivity contribution >= 4 is 15.9 Å². The van der Waals surface area contributed by atoms with Gasteiger partial charge in [-0.25, -0.2) is 0 Å². The first-order valence-corrected chi connectivity index (χ1v) is 5.74. The van der Waals surface area contributed by atoms with Gasteiger partial charge >= 0.3 is 6.18 Å². The molecule has 14 heavy (non-hydrogen) atoms. The molecule has 0 spiro atoms. The number of hydrogen-bond acceptors (Lipinski definition) is 1. The van der Waals surface area contributed by atoms with E-state index in [4.69, 9.17) is 0 Å². The summed E-state index contributed by atoms with van der Waals surface area (Å²) in [5.41, 5.74) is 0. The maximum Gasteiger partial charge on any atom is 0.402 e. The SMILES string of the molecule is CN(CC(Br)C(F)(F)F)C1CCCC1. The zero-order valence-corrected chi connectivity index (χ0v) is 9.74. The van der Waals surface area contributed by atoms with Crippen molar-refractivity contribution in [3.05, 3.63) is 0 Å². The van der Waals surface area contributed by atoms with E-state index < -0.39 is 11.0 Å². The molecule has 5 heteroatoms. The highest BCUT2D eigenvalue weighted by Gasteiger charge is 2.39. The monoisotopic (exact) mass is 273 g/mol. The van der Waals surface area contributed by atoms with Gasteiger partial charge in [-0.15, -0.1) is 0 Å². The van der Waals surface area contributed by atoms with Crippen LogP contribution in [-0.2, 0) is 0 Å². The first kappa shape index (κ1) is 12.3. The average Bonchev–Trinajstić information content (AvgIpc) is 2.53. The Hall–Kier alpha value is 0.230. The molecule has 1 aliphatic carbocycles. The van der Waals surface area contributed by atoms with Crippen LogP contribution < -0.4 is 0 Å². The first-order valence-electron chi connectivity index (χ1n) is 4.82. The molecule has 0 bridgehead atoms. The first-order chi connectivity index (χ1) is 6.41. The van der Waals surface area contributed by atoms with Crippen LogP contribution in [0.25, 0.3) is 0 Å². The molecule has 1 fully saturated rings. The lowest BCUT2D eigenvalue weighted by molar-refractivity contribution is -0.130. The Balaban J connectivity index is 2.35. The van der Waals surface area contributed by atoms with Gasteiger partial charge in [-0.2, -0.15) is 13.2 Å². The van der Waals surface area contributed by atoms with E-state index in [1.807, 2.05) is 4.90 Å². The van der Waals surface area contributed by atoms with Crippen LogP contribution in [0.5, 0.6) is 0 Å². The summed E-state index contributed by atoms with van der Waals surface area (Å²) in [5, 5.41) is 0. The summed E-state index contributed by atoms with van der Waals surface area (Å²) in [6.07, 6.45) is 0.233. The average molecular weight is 274 g/mol. The molecule has 0 aromatic heterocycles. The lowest BCUT2D eigenvalue weighted by Crippen LogP contribution is -2.39. The normalized spacial score (nSPS) is 21.9. The highest BCUT2D eigenvalue weighted by molar-refractivity contribution is 9.09. The molecular formula is C9H15BrF3N. The fourth-order valence-electron chi connectivity index (χ4n) is 1.85. The van der Waals surface area contributed by atoms with Crippen molar-refractivity contribution in [3.63, 3.8) is 0 Å². The Kier molecular flexibility index (Phi) is 4.25. The third kappa shape index (κ3) is 3.42. The molecule has 0 heterocycles. The van der Waals surface area contributed by atoms with Crippen LogP contribution in [0.2, 0.25) is 0 Å². The molecule has 1 rings (SSSR count). The van der Waals surface area contributed by atoms with E-state index in [9.17, 15) is 13.2 Å². The maximum absolute atomic E-state index is 12.2. The van der Waals surface area contributed by atoms with Crippen molar-refractivity contribution in [2.24, 2.45) is 0 Å². The van der Waals surface area contributed by atoms with Gasteiger partial charge in [0, 0.05) is 12.6 Å². The van der Waals surface area contributed by atoms with Crippen LogP contribution in [0, 0.1) is 0 Å². The van der Waals surface area contributed by atoms with E-state index >= 15 is 0 Å². The molecule has 84 valence electrons. The Morgan fingerprint density at radius 3 is 2.29 bits per heavy atom. The molecule has 0 saturated heterocycles. The van der Waals surface area contributed by atoms with Crippen molar-refractivity contribution < 1.29 is 13.2 Å². The van der Waals surface area contributed by atoms with Gasteiger partial charge in [-0.05, 0) is 19.9 Å². The molecule has 0 N–H and O–H groups in total. The van der Waals surface area contributed by atoms with Crippen LogP contribution >= 0.6 is 15.9 Å². The summed E-state index contributed by atoms with van der Waals surface area (Å²) in [7, 11) is 1.77. The van der Waals surface area contributed by atoms with Crippen molar-refractivity contribution in [2.45, 2.75) is 42.7 Å². The van der Waals surface area contributed by atoms with Crippen LogP contribution in [0.3, 0.4) is 0 Å². The smallest absolute Gasteiger partial charge is 0.302 e. The van der Waals surface area contributed by atoms with E-state index in [2.05, 4.69) is 15.9 Å². The number of hydrogen-bond donors (Lipinski definition) is 0. The third-order valence-electron chi connectivity index (χ3n) is 2.75. The van der Waals surface area contributed by atoms with Crippen LogP contribution in [-0.4, -0.2) is 35.5 Å². The predicted molar refractivity (Wildman–Crippen MR) is 53.7 cm³/mol. The number of halogens is 4. The molecule has 0 radical (unpaired) electrons. The van der Waals surface area contributed by atoms with Gasteiger partial charge in [0.25, 0.3) is 0 Å². The van der Waals surface area contributed by atoms with E-state index in [1.165, 1.54) is 0 Å². The Morgan fingerprint density at radius 2 is 1.86 bits per heavy atom. The third-order valence-corrected chi connectivity index (χ3v) is 3.56. The topological polar surface area (TPSA) is 3.24 Å². The molecule has 1 unspecified atom stereocenters. The van der Waals surface area contributed by atoms with Gasteiger partial charge in [0.1, 0.15) is 4.83 Å². The fraction of sp³-hybridized carbons (Fsp3) is 1.00. The summed E-state index contributed by atoms with van der Waals surface area (Å²) in [5.74, 6) is 0. The number of alkyl halides is 4. The molecule has 1 aliphatic rings. The van der Waals surface area contributed by atoms with Crippen molar-refractivity contribution in [1.29, 1.82) is 0 Å². The largest absolute Gasteiger partial charge is 0.402 e. The standard InChI is InChI=1S/C9H15BrF3N/c1-14(7-4-2-3-5-7)6-8(10)9(11,12)13/h7-8H,2-6H2,1H3. The maximum atomic E-state index is 12.2. The van der Waals surface area contributed by atoms with Crippen LogP contribution in [0.4, 0.5) is 13.2 Å². The van der Waals surface area contributed by atoms with Gasteiger partial charge in [-0.1, -0.05) is 28.8 Å². The van der Waals surface area contributed by atoms with Gasteiger partial charge in [0.05, 0.1) is 0 Å². The zero-order chi connectivity index (χ0) is 10.8. The molecule has 1 saturated carbocycles. The molecule has 1 atom stereocenters. The van der Waals surface area contributed by atoms with Gasteiger partial charge < -0.3 is 4.90 Å². The van der Waals surface area contributed by atoms with Gasteiger partial charge in [0.15, 0.2) is 0 Å². The van der Waals surface area contributed by atoms with Crippen LogP contribution in [0.15, 0.2) is 0 Å². The molecule has 0 aliphatic heterocycles. The van der Waals surface area contributed by atoms with Crippen LogP contribution in [0.1, 0.15) is 25.7 Å². The summed E-state index contributed by atoms with van der Waals surface area (Å²) >= 11 is 2.68. The molecule has 0 aromatic carbocycles. The summed E-state index contributed by atoms with van der Waals surface area (Å²) in [6.45, 7) is 0.0498. The minimum atomic E-state index is -4.13. The van der Waals surface area contributed by atoms with Crippen molar-refractivity contribution in [3.8, 4) is 0 Å². The van der Waals surface area contributed by atoms with E-state index in [0.29, 0.717) is 6.04 Å². The molecule has 0 aromatic rings. The highest BCUT2D eigenvalue weighted by atomic mass is 79.9. The van der Waals surface area contributed by atoms with Crippen molar-refractivity contribution in [1.82, 2.24) is 4.90 Å². The minimum absolute atomic E-state index is 0.0498. The Morgan fingerprint density at radius 1 is 1.36 bits per heavy atom. The number of nitrogens with zero attached hydrogens (tertiary/aromatic N) is 1. The minimum Gasteiger partial charge on any atom is -0.302 e. The Labute approximate surface area is 90.8 Å². The lowest BCUT2D eigenvalue weighted by Gasteiger charge is -2.27. The second kappa shape index (κ2) is 4.84. The predicted octanol–water partition coefficient (Wildman–Crippen LogP) is 3.19. The van der Waals surface area contributed by atoms with E-state index in [1.54, 1.807) is 7.05 Å². The summed E-state index contributed by atoms with van der Waals surface area (Å²) in [6, 6.07) is 0.345. The highest BCUT2D eigenvalue weighted by Crippen LogP contribution is 2.29. The van der Waals surface area contributed by atoms with Gasteiger partial charge in [0.2, 0.25) is 0 Å². The zero-order valence-electron chi connectivity index (χ0n) is 8.15. The second-order valence-corrected chi connectivity index (χ2v) is 4.99. The van der Waals surface area contributed by atoms with Gasteiger partial charge in [-0.3, -0.25) is 0 Å². The second-order valence-electron chi connectivity index (χ2n) is 3.89. The summed E-state index contributed by atoms with van der Waals surface area (Å²) in [4.78, 5) is 0.417.